The number of carbonyl (C=O) groups excluding carboxylic acids is 6. The molecule has 0 saturated carbocycles. The minimum Gasteiger partial charge on any atom is -0.365 e. The molecule has 0 radical (unpaired) electrons. The Labute approximate surface area is 479 Å². The zero-order valence-corrected chi connectivity index (χ0v) is 48.6. The highest BCUT2D eigenvalue weighted by Gasteiger charge is 2.37. The van der Waals surface area contributed by atoms with Crippen LogP contribution < -0.4 is 38.1 Å². The Morgan fingerprint density at radius 2 is 1.02 bits per heavy atom. The summed E-state index contributed by atoms with van der Waals surface area (Å²) < 4.78 is 30.8. The number of benzene rings is 1. The number of rotatable bonds is 14. The molecule has 6 aromatic rings. The van der Waals surface area contributed by atoms with Crippen LogP contribution in [0, 0.1) is 5.92 Å². The topological polar surface area (TPSA) is 361 Å². The summed E-state index contributed by atoms with van der Waals surface area (Å²) >= 11 is 0. The number of aromatic nitrogens is 10. The van der Waals surface area contributed by atoms with Crippen molar-refractivity contribution in [2.24, 2.45) is 23.1 Å². The number of hydrogen-bond acceptors (Lipinski definition) is 15. The van der Waals surface area contributed by atoms with E-state index in [9.17, 15) is 37.2 Å². The lowest BCUT2D eigenvalue weighted by Crippen LogP contribution is -2.53. The van der Waals surface area contributed by atoms with Crippen LogP contribution in [0.2, 0.25) is 0 Å². The number of fused-ring (bicyclic) bond motifs is 3. The third kappa shape index (κ3) is 12.1. The Morgan fingerprint density at radius 3 is 1.48 bits per heavy atom. The van der Waals surface area contributed by atoms with E-state index in [1.807, 2.05) is 48.5 Å². The number of nitrogens with two attached hydrogens (primary N) is 3. The van der Waals surface area contributed by atoms with E-state index in [-0.39, 0.29) is 78.8 Å². The number of nitrogens with one attached hydrogen (secondary N) is 3. The van der Waals surface area contributed by atoms with Crippen molar-refractivity contribution in [3.63, 3.8) is 0 Å². The van der Waals surface area contributed by atoms with Gasteiger partial charge < -0.3 is 52.8 Å². The van der Waals surface area contributed by atoms with Crippen molar-refractivity contribution in [1.29, 1.82) is 0 Å². The smallest absolute Gasteiger partial charge is 0.318 e. The molecule has 0 aliphatic carbocycles. The number of primary amides is 3. The molecule has 5 aromatic heterocycles. The van der Waals surface area contributed by atoms with Gasteiger partial charge in [0.05, 0.1) is 96.2 Å². The number of anilines is 1. The lowest BCUT2D eigenvalue weighted by Gasteiger charge is -2.34. The molecule has 29 heteroatoms. The van der Waals surface area contributed by atoms with E-state index in [1.54, 1.807) is 70.3 Å². The van der Waals surface area contributed by atoms with Gasteiger partial charge in [-0.2, -0.15) is 20.4 Å². The standard InChI is InChI=1S/C54H70N20O8S/c1-52(2,3)61-49(78)68-15-18-73-37(27-68)40(46(56)76)43(65-73)33-22-58-48(59-23-33)67-14-13-31(25-67)21-53(4,5)62-50(79)69-16-20-74-38(29-69)41(47(57)77)44(66-74)34-24-60-71(26-34)30-54(6,7)63-51(80)70-17-19-72-36(28-70)39(45(55)75)42(64-72)32-9-11-35(12-10-32)83(8,81)82/h9-12,22-24,26,31H,13-21,25,27-30H2,1-8H3,(H2,55,75)(H2,56,76)(H2,57,77)(H,61,78)(H,62,79)(H,63,80). The molecule has 1 fully saturated rings. The Hall–Kier alpha value is -8.89. The fraction of sp³-hybridized carbons (Fsp3) is 0.481. The Bertz CT molecular complexity index is 3680. The van der Waals surface area contributed by atoms with Crippen molar-refractivity contribution >= 4 is 51.6 Å². The molecule has 4 aliphatic heterocycles. The molecule has 9 heterocycles. The highest BCUT2D eigenvalue weighted by Crippen LogP contribution is 2.34. The number of amides is 9. The van der Waals surface area contributed by atoms with Gasteiger partial charge >= 0.3 is 18.1 Å². The van der Waals surface area contributed by atoms with Gasteiger partial charge in [-0.05, 0) is 79.4 Å². The summed E-state index contributed by atoms with van der Waals surface area (Å²) in [5.41, 5.74) is 20.5. The first-order chi connectivity index (χ1) is 39.0. The second kappa shape index (κ2) is 21.5. The molecule has 1 saturated heterocycles. The molecule has 9 N–H and O–H groups in total. The first-order valence-electron chi connectivity index (χ1n) is 27.3. The van der Waals surface area contributed by atoms with Crippen molar-refractivity contribution in [3.8, 4) is 33.8 Å². The van der Waals surface area contributed by atoms with Gasteiger partial charge in [-0.1, -0.05) is 12.1 Å². The lowest BCUT2D eigenvalue weighted by atomic mass is 9.90. The van der Waals surface area contributed by atoms with Crippen molar-refractivity contribution < 1.29 is 37.2 Å². The predicted octanol–water partition coefficient (Wildman–Crippen LogP) is 2.51. The molecule has 28 nitrogen and oxygen atoms in total. The number of nitrogens with zero attached hydrogens (tertiary/aromatic N) is 14. The van der Waals surface area contributed by atoms with Crippen LogP contribution in [0.5, 0.6) is 0 Å². The molecule has 1 unspecified atom stereocenters. The molecular weight excluding hydrogens is 1090 g/mol. The van der Waals surface area contributed by atoms with Crippen LogP contribution in [0.15, 0.2) is 53.9 Å². The van der Waals surface area contributed by atoms with Crippen molar-refractivity contribution in [2.75, 3.05) is 43.9 Å². The second-order valence-corrected chi connectivity index (χ2v) is 26.2. The highest BCUT2D eigenvalue weighted by molar-refractivity contribution is 7.90. The van der Waals surface area contributed by atoms with E-state index in [0.29, 0.717) is 102 Å². The number of urea groups is 3. The van der Waals surface area contributed by atoms with Crippen LogP contribution in [0.3, 0.4) is 0 Å². The second-order valence-electron chi connectivity index (χ2n) is 24.1. The maximum atomic E-state index is 14.0. The van der Waals surface area contributed by atoms with E-state index < -0.39 is 50.2 Å². The largest absolute Gasteiger partial charge is 0.365 e. The van der Waals surface area contributed by atoms with Gasteiger partial charge in [0.25, 0.3) is 17.7 Å². The number of sulfone groups is 1. The average Bonchev–Trinajstić information content (AvgIpc) is 2.77. The summed E-state index contributed by atoms with van der Waals surface area (Å²) in [5.74, 6) is -1.39. The molecule has 4 aliphatic rings. The fourth-order valence-electron chi connectivity index (χ4n) is 11.4. The minimum atomic E-state index is -3.45. The van der Waals surface area contributed by atoms with Crippen LogP contribution in [0.25, 0.3) is 33.8 Å². The van der Waals surface area contributed by atoms with E-state index in [2.05, 4.69) is 41.0 Å². The summed E-state index contributed by atoms with van der Waals surface area (Å²) in [6.07, 6.45) is 9.15. The van der Waals surface area contributed by atoms with Crippen LogP contribution in [-0.4, -0.2) is 164 Å². The number of hydrogen-bond donors (Lipinski definition) is 6. The van der Waals surface area contributed by atoms with Gasteiger partial charge in [0.1, 0.15) is 17.1 Å². The quantitative estimate of drug-likeness (QED) is 0.0913. The summed E-state index contributed by atoms with van der Waals surface area (Å²) in [6, 6.07) is 5.08. The first-order valence-corrected chi connectivity index (χ1v) is 29.2. The van der Waals surface area contributed by atoms with E-state index >= 15 is 0 Å². The maximum Gasteiger partial charge on any atom is 0.318 e. The first kappa shape index (κ1) is 57.3. The van der Waals surface area contributed by atoms with Crippen molar-refractivity contribution in [2.45, 2.75) is 129 Å². The van der Waals surface area contributed by atoms with Gasteiger partial charge in [-0.15, -0.1) is 0 Å². The summed E-state index contributed by atoms with van der Waals surface area (Å²) in [6.45, 7) is 17.2. The zero-order valence-electron chi connectivity index (χ0n) is 47.8. The fourth-order valence-corrected chi connectivity index (χ4v) is 12.1. The molecule has 1 atom stereocenters. The third-order valence-corrected chi connectivity index (χ3v) is 16.3. The highest BCUT2D eigenvalue weighted by atomic mass is 32.2. The van der Waals surface area contributed by atoms with Gasteiger partial charge in [0.2, 0.25) is 5.95 Å². The monoisotopic (exact) mass is 1160 g/mol. The minimum absolute atomic E-state index is 0.0378. The van der Waals surface area contributed by atoms with Gasteiger partial charge in [-0.25, -0.2) is 32.8 Å². The van der Waals surface area contributed by atoms with E-state index in [4.69, 9.17) is 27.4 Å². The molecule has 83 heavy (non-hydrogen) atoms. The summed E-state index contributed by atoms with van der Waals surface area (Å²) in [5, 5.41) is 27.9. The van der Waals surface area contributed by atoms with Gasteiger partial charge in [0.15, 0.2) is 9.84 Å². The molecule has 0 bridgehead atoms. The van der Waals surface area contributed by atoms with E-state index in [1.165, 1.54) is 12.1 Å². The molecule has 9 amide bonds. The van der Waals surface area contributed by atoms with Crippen LogP contribution in [-0.2, 0) is 55.7 Å². The van der Waals surface area contributed by atoms with Gasteiger partial charge in [0, 0.05) is 85.3 Å². The lowest BCUT2D eigenvalue weighted by molar-refractivity contribution is 0.0989. The summed E-state index contributed by atoms with van der Waals surface area (Å²) in [4.78, 5) is 96.1. The van der Waals surface area contributed by atoms with E-state index in [0.717, 1.165) is 12.7 Å². The Morgan fingerprint density at radius 1 is 0.578 bits per heavy atom. The Kier molecular flexibility index (Phi) is 14.8. The molecular formula is C54H70N20O8S. The van der Waals surface area contributed by atoms with Crippen molar-refractivity contribution in [3.05, 3.63) is 82.8 Å². The molecule has 440 valence electrons. The molecule has 1 aromatic carbocycles. The maximum absolute atomic E-state index is 14.0. The van der Waals surface area contributed by atoms with Gasteiger partial charge in [-0.3, -0.25) is 33.1 Å². The third-order valence-electron chi connectivity index (χ3n) is 15.2. The average molecular weight is 1160 g/mol. The molecule has 0 spiro atoms. The predicted molar refractivity (Wildman–Crippen MR) is 303 cm³/mol. The number of carbonyl (C=O) groups is 6. The van der Waals surface area contributed by atoms with Crippen LogP contribution in [0.1, 0.15) is 109 Å². The Balaban J connectivity index is 0.735. The van der Waals surface area contributed by atoms with Crippen LogP contribution in [0.4, 0.5) is 20.3 Å². The normalized spacial score (nSPS) is 16.5. The summed E-state index contributed by atoms with van der Waals surface area (Å²) in [7, 11) is -3.45. The van der Waals surface area contributed by atoms with Crippen LogP contribution >= 0.6 is 0 Å². The van der Waals surface area contributed by atoms with Crippen molar-refractivity contribution in [1.82, 2.24) is 79.7 Å². The molecule has 10 rings (SSSR count). The zero-order chi connectivity index (χ0) is 59.7. The SMILES string of the molecule is CC(C)(C)NC(=O)N1CCn2nc(-c3cnc(N4CCC(CC(C)(C)NC(=O)N5CCn6nc(-c7cnn(CC(C)(C)NC(=O)N8CCn9nc(-c%10ccc(S(C)(=O)=O)cc%10)c(C(N)=O)c9C8)c7)c(C(N)=O)c6C5)C4)nc3)c(C(N)=O)c2C1.